The molecular formula is C19H15ClN4O4. The highest BCUT2D eigenvalue weighted by molar-refractivity contribution is 6.30. The zero-order chi connectivity index (χ0) is 20.4. The van der Waals surface area contributed by atoms with Gasteiger partial charge in [0.25, 0.3) is 5.91 Å². The molecule has 9 heteroatoms. The number of hydrogen-bond acceptors (Lipinski definition) is 4. The molecule has 8 nitrogen and oxygen atoms in total. The van der Waals surface area contributed by atoms with E-state index in [2.05, 4.69) is 10.0 Å². The van der Waals surface area contributed by atoms with Crippen LogP contribution in [0.1, 0.15) is 21.6 Å². The number of carbonyl (C=O) groups excluding carboxylic acids is 1. The average Bonchev–Trinajstić information content (AvgIpc) is 2.92. The van der Waals surface area contributed by atoms with Crippen LogP contribution in [0.25, 0.3) is 21.3 Å². The molecule has 2 aromatic carbocycles. The monoisotopic (exact) mass is 398 g/mol. The summed E-state index contributed by atoms with van der Waals surface area (Å²) in [5.41, 5.74) is 10.8. The van der Waals surface area contributed by atoms with E-state index in [1.54, 1.807) is 37.3 Å². The Morgan fingerprint density at radius 2 is 1.96 bits per heavy atom. The molecule has 0 saturated heterocycles. The van der Waals surface area contributed by atoms with Gasteiger partial charge in [0, 0.05) is 26.6 Å². The largest absolute Gasteiger partial charge is 0.496 e. The Bertz CT molecular complexity index is 1150. The molecule has 0 fully saturated rings. The van der Waals surface area contributed by atoms with Gasteiger partial charge in [-0.3, -0.25) is 14.2 Å². The molecule has 0 radical (unpaired) electrons. The number of methoxy groups -OCH3 is 1. The Balaban J connectivity index is 2.34. The zero-order valence-corrected chi connectivity index (χ0v) is 15.8. The van der Waals surface area contributed by atoms with E-state index in [0.717, 1.165) is 0 Å². The van der Waals surface area contributed by atoms with Crippen LogP contribution in [0.5, 0.6) is 5.75 Å². The fourth-order valence-corrected chi connectivity index (χ4v) is 3.27. The minimum Gasteiger partial charge on any atom is -0.496 e. The highest BCUT2D eigenvalue weighted by Crippen LogP contribution is 2.37. The number of fused-ring (bicyclic) bond motifs is 1. The Morgan fingerprint density at radius 1 is 1.29 bits per heavy atom. The average molecular weight is 399 g/mol. The number of carboxylic acids is 1. The first-order valence-electron chi connectivity index (χ1n) is 8.16. The quantitative estimate of drug-likeness (QED) is 0.374. The predicted molar refractivity (Wildman–Crippen MR) is 105 cm³/mol. The van der Waals surface area contributed by atoms with Gasteiger partial charge >= 0.3 is 5.97 Å². The second-order valence-electron chi connectivity index (χ2n) is 6.01. The van der Waals surface area contributed by atoms with Gasteiger partial charge in [-0.1, -0.05) is 16.7 Å². The molecule has 0 aliphatic carbocycles. The maximum absolute atomic E-state index is 13.2. The van der Waals surface area contributed by atoms with Crippen molar-refractivity contribution in [1.82, 2.24) is 4.57 Å². The molecule has 0 atom stereocenters. The first kappa shape index (κ1) is 19.3. The van der Waals surface area contributed by atoms with Crippen molar-refractivity contribution in [3.05, 3.63) is 68.7 Å². The van der Waals surface area contributed by atoms with Gasteiger partial charge in [0.15, 0.2) is 0 Å². The molecule has 142 valence electrons. The van der Waals surface area contributed by atoms with Gasteiger partial charge in [-0.15, -0.1) is 0 Å². The van der Waals surface area contributed by atoms with E-state index in [1.807, 2.05) is 0 Å². The van der Waals surface area contributed by atoms with Crippen molar-refractivity contribution in [2.75, 3.05) is 7.11 Å². The van der Waals surface area contributed by atoms with Gasteiger partial charge in [0.1, 0.15) is 5.75 Å². The van der Waals surface area contributed by atoms with Crippen LogP contribution in [0.3, 0.4) is 0 Å². The van der Waals surface area contributed by atoms with Crippen LogP contribution in [-0.2, 0) is 11.2 Å². The molecule has 1 heterocycles. The fraction of sp³-hybridized carbons (Fsp3) is 0.158. The topological polar surface area (TPSA) is 117 Å². The third-order valence-corrected chi connectivity index (χ3v) is 4.66. The maximum Gasteiger partial charge on any atom is 0.307 e. The maximum atomic E-state index is 13.2. The number of ether oxygens (including phenoxy) is 1. The molecule has 1 aromatic heterocycles. The van der Waals surface area contributed by atoms with E-state index in [1.165, 1.54) is 17.7 Å². The van der Waals surface area contributed by atoms with Crippen LogP contribution in [0.2, 0.25) is 5.02 Å². The van der Waals surface area contributed by atoms with Crippen LogP contribution in [0, 0.1) is 6.92 Å². The number of aromatic nitrogens is 1. The number of hydrogen-bond donors (Lipinski definition) is 1. The number of carbonyl (C=O) groups is 2. The summed E-state index contributed by atoms with van der Waals surface area (Å²) in [7, 11) is 1.41. The van der Waals surface area contributed by atoms with E-state index in [4.69, 9.17) is 21.9 Å². The molecular weight excluding hydrogens is 384 g/mol. The minimum atomic E-state index is -1.03. The van der Waals surface area contributed by atoms with E-state index in [9.17, 15) is 14.7 Å². The highest BCUT2D eigenvalue weighted by Gasteiger charge is 2.23. The molecule has 0 saturated carbocycles. The number of rotatable bonds is 5. The Hall–Kier alpha value is -3.48. The third-order valence-electron chi connectivity index (χ3n) is 4.41. The van der Waals surface area contributed by atoms with Crippen molar-refractivity contribution in [2.45, 2.75) is 13.3 Å². The van der Waals surface area contributed by atoms with Crippen molar-refractivity contribution in [1.29, 1.82) is 0 Å². The first-order chi connectivity index (χ1) is 13.4. The first-order valence-corrected chi connectivity index (χ1v) is 8.54. The third kappa shape index (κ3) is 3.38. The van der Waals surface area contributed by atoms with Gasteiger partial charge in [-0.05, 0) is 54.4 Å². The van der Waals surface area contributed by atoms with Crippen molar-refractivity contribution in [3.63, 3.8) is 0 Å². The van der Waals surface area contributed by atoms with E-state index in [-0.39, 0.29) is 23.8 Å². The molecule has 3 rings (SSSR count). The summed E-state index contributed by atoms with van der Waals surface area (Å²) in [4.78, 5) is 27.3. The van der Waals surface area contributed by atoms with Crippen molar-refractivity contribution in [3.8, 4) is 5.75 Å². The summed E-state index contributed by atoms with van der Waals surface area (Å²) in [5, 5.41) is 13.9. The highest BCUT2D eigenvalue weighted by atomic mass is 35.5. The number of halogens is 1. The molecule has 0 bridgehead atoms. The Morgan fingerprint density at radius 3 is 2.54 bits per heavy atom. The van der Waals surface area contributed by atoms with Crippen LogP contribution >= 0.6 is 11.6 Å². The molecule has 28 heavy (non-hydrogen) atoms. The second kappa shape index (κ2) is 7.64. The zero-order valence-electron chi connectivity index (χ0n) is 15.0. The number of carboxylic acid groups (broad SMARTS) is 1. The van der Waals surface area contributed by atoms with E-state index < -0.39 is 5.97 Å². The second-order valence-corrected chi connectivity index (χ2v) is 6.45. The van der Waals surface area contributed by atoms with Crippen LogP contribution in [-0.4, -0.2) is 28.7 Å². The van der Waals surface area contributed by atoms with Crippen molar-refractivity contribution < 1.29 is 19.4 Å². The smallest absolute Gasteiger partial charge is 0.307 e. The predicted octanol–water partition coefficient (Wildman–Crippen LogP) is 4.87. The number of benzene rings is 2. The Labute approximate surface area is 164 Å². The van der Waals surface area contributed by atoms with Gasteiger partial charge in [0.2, 0.25) is 0 Å². The molecule has 0 spiro atoms. The van der Waals surface area contributed by atoms with Crippen molar-refractivity contribution >= 4 is 40.1 Å². The lowest BCUT2D eigenvalue weighted by atomic mass is 10.1. The van der Waals surface area contributed by atoms with Crippen LogP contribution in [0.4, 0.5) is 5.69 Å². The Kier molecular flexibility index (Phi) is 5.26. The van der Waals surface area contributed by atoms with Crippen LogP contribution in [0.15, 0.2) is 41.5 Å². The molecule has 1 N–H and O–H groups in total. The minimum absolute atomic E-state index is 0.196. The fourth-order valence-electron chi connectivity index (χ4n) is 3.14. The number of nitrogens with zero attached hydrogens (tertiary/aromatic N) is 4. The molecule has 0 aliphatic heterocycles. The molecule has 0 aliphatic rings. The molecule has 0 unspecified atom stereocenters. The summed E-state index contributed by atoms with van der Waals surface area (Å²) in [6, 6.07) is 9.47. The summed E-state index contributed by atoms with van der Waals surface area (Å²) >= 11 is 5.90. The van der Waals surface area contributed by atoms with E-state index >= 15 is 0 Å². The number of aliphatic carboxylic acids is 1. The molecule has 3 aromatic rings. The lowest BCUT2D eigenvalue weighted by molar-refractivity contribution is -0.136. The standard InChI is InChI=1S/C19H15ClN4O4/c1-10-13(8-18(25)26)14-7-17(28-2)15(22-23-21)9-16(14)24(10)19(27)11-3-5-12(20)6-4-11/h3-7,9H,8H2,1-2H3,(H,25,26). The van der Waals surface area contributed by atoms with Gasteiger partial charge in [-0.25, -0.2) is 0 Å². The lowest BCUT2D eigenvalue weighted by Crippen LogP contribution is -2.14. The van der Waals surface area contributed by atoms with E-state index in [0.29, 0.717) is 32.7 Å². The SMILES string of the molecule is COc1cc2c(CC(=O)O)c(C)n(C(=O)c3ccc(Cl)cc3)c2cc1N=[N+]=[N-]. The number of azide groups is 1. The normalized spacial score (nSPS) is 10.5. The lowest BCUT2D eigenvalue weighted by Gasteiger charge is -2.09. The summed E-state index contributed by atoms with van der Waals surface area (Å²) in [6.07, 6.45) is -0.271. The molecule has 0 amide bonds. The van der Waals surface area contributed by atoms with Crippen LogP contribution < -0.4 is 4.74 Å². The summed E-state index contributed by atoms with van der Waals surface area (Å²) < 4.78 is 6.66. The summed E-state index contributed by atoms with van der Waals surface area (Å²) in [6.45, 7) is 1.67. The van der Waals surface area contributed by atoms with Gasteiger partial charge in [-0.2, -0.15) is 0 Å². The van der Waals surface area contributed by atoms with Gasteiger partial charge in [0.05, 0.1) is 24.7 Å². The van der Waals surface area contributed by atoms with Gasteiger partial charge < -0.3 is 9.84 Å². The van der Waals surface area contributed by atoms with Crippen molar-refractivity contribution in [2.24, 2.45) is 5.11 Å². The summed E-state index contributed by atoms with van der Waals surface area (Å²) in [5.74, 6) is -1.10.